The third kappa shape index (κ3) is 4.55. The first-order chi connectivity index (χ1) is 10.3. The summed E-state index contributed by atoms with van der Waals surface area (Å²) >= 11 is 0. The molecular formula is C19H32N2+2. The number of nitrogens with one attached hydrogen (secondary N) is 2. The molecule has 1 aromatic rings. The molecule has 2 N–H and O–H groups in total. The second-order valence-electron chi connectivity index (χ2n) is 7.24. The van der Waals surface area contributed by atoms with Crippen LogP contribution in [-0.4, -0.2) is 32.2 Å². The molecule has 1 aliphatic carbocycles. The summed E-state index contributed by atoms with van der Waals surface area (Å²) in [6, 6.07) is 12.0. The summed E-state index contributed by atoms with van der Waals surface area (Å²) in [7, 11) is 0. The topological polar surface area (TPSA) is 8.88 Å². The van der Waals surface area contributed by atoms with Crippen LogP contribution in [-0.2, 0) is 6.54 Å². The number of piperidine rings is 1. The molecule has 1 saturated carbocycles. The van der Waals surface area contributed by atoms with E-state index >= 15 is 0 Å². The largest absolute Gasteiger partial charge is 0.332 e. The summed E-state index contributed by atoms with van der Waals surface area (Å²) in [4.78, 5) is 3.72. The van der Waals surface area contributed by atoms with Crippen molar-refractivity contribution in [3.05, 3.63) is 35.9 Å². The first-order valence-electron chi connectivity index (χ1n) is 9.07. The van der Waals surface area contributed by atoms with E-state index in [-0.39, 0.29) is 0 Å². The van der Waals surface area contributed by atoms with Crippen molar-refractivity contribution in [2.45, 2.75) is 51.6 Å². The lowest BCUT2D eigenvalue weighted by Gasteiger charge is -2.34. The van der Waals surface area contributed by atoms with Gasteiger partial charge in [0.2, 0.25) is 0 Å². The average molecular weight is 288 g/mol. The standard InChI is InChI=1S/C19H30N2/c1-2-12-21(16-18-8-9-18)19-10-13-20(14-11-19)15-17-6-4-3-5-7-17/h3-7,18-19H,2,8-16H2,1H3/p+2. The molecule has 1 saturated heterocycles. The number of quaternary nitrogens is 2. The highest BCUT2D eigenvalue weighted by Crippen LogP contribution is 2.26. The van der Waals surface area contributed by atoms with Crippen LogP contribution in [0, 0.1) is 5.92 Å². The van der Waals surface area contributed by atoms with Gasteiger partial charge in [-0.2, -0.15) is 0 Å². The van der Waals surface area contributed by atoms with Crippen molar-refractivity contribution in [2.75, 3.05) is 26.2 Å². The molecular weight excluding hydrogens is 256 g/mol. The lowest BCUT2D eigenvalue weighted by molar-refractivity contribution is -0.964. The Morgan fingerprint density at radius 2 is 1.76 bits per heavy atom. The quantitative estimate of drug-likeness (QED) is 0.739. The van der Waals surface area contributed by atoms with Crippen LogP contribution in [0.15, 0.2) is 30.3 Å². The SMILES string of the molecule is CCC[NH+](CC1CC1)C1CC[NH+](Cc2ccccc2)CC1. The lowest BCUT2D eigenvalue weighted by Crippen LogP contribution is -3.20. The molecule has 0 spiro atoms. The predicted molar refractivity (Wildman–Crippen MR) is 87.6 cm³/mol. The van der Waals surface area contributed by atoms with Crippen LogP contribution in [0.1, 0.15) is 44.6 Å². The zero-order valence-corrected chi connectivity index (χ0v) is 13.6. The van der Waals surface area contributed by atoms with Crippen LogP contribution in [0.5, 0.6) is 0 Å². The van der Waals surface area contributed by atoms with Crippen molar-refractivity contribution in [2.24, 2.45) is 5.92 Å². The Balaban J connectivity index is 1.46. The fourth-order valence-electron chi connectivity index (χ4n) is 3.98. The second-order valence-corrected chi connectivity index (χ2v) is 7.24. The van der Waals surface area contributed by atoms with E-state index in [9.17, 15) is 0 Å². The van der Waals surface area contributed by atoms with E-state index < -0.39 is 0 Å². The van der Waals surface area contributed by atoms with E-state index in [1.54, 1.807) is 4.90 Å². The molecule has 1 heterocycles. The molecule has 0 radical (unpaired) electrons. The normalized spacial score (nSPS) is 27.5. The molecule has 0 amide bonds. The van der Waals surface area contributed by atoms with Crippen molar-refractivity contribution in [3.63, 3.8) is 0 Å². The minimum absolute atomic E-state index is 0.949. The van der Waals surface area contributed by atoms with Gasteiger partial charge in [-0.25, -0.2) is 0 Å². The molecule has 1 atom stereocenters. The maximum atomic E-state index is 2.35. The van der Waals surface area contributed by atoms with E-state index in [1.165, 1.54) is 70.4 Å². The fraction of sp³-hybridized carbons (Fsp3) is 0.684. The van der Waals surface area contributed by atoms with E-state index in [0.717, 1.165) is 12.0 Å². The van der Waals surface area contributed by atoms with Gasteiger partial charge in [0.15, 0.2) is 0 Å². The first kappa shape index (κ1) is 15.1. The lowest BCUT2D eigenvalue weighted by atomic mass is 10.0. The Kier molecular flexibility index (Phi) is 5.32. The Morgan fingerprint density at radius 3 is 2.38 bits per heavy atom. The van der Waals surface area contributed by atoms with Gasteiger partial charge in [0.25, 0.3) is 0 Å². The minimum Gasteiger partial charge on any atom is -0.332 e. The van der Waals surface area contributed by atoms with E-state index in [4.69, 9.17) is 0 Å². The van der Waals surface area contributed by atoms with Crippen LogP contribution in [0.25, 0.3) is 0 Å². The van der Waals surface area contributed by atoms with Crippen molar-refractivity contribution in [1.82, 2.24) is 0 Å². The summed E-state index contributed by atoms with van der Waals surface area (Å²) in [5, 5.41) is 0. The zero-order valence-electron chi connectivity index (χ0n) is 13.6. The van der Waals surface area contributed by atoms with Crippen LogP contribution in [0.4, 0.5) is 0 Å². The van der Waals surface area contributed by atoms with Crippen LogP contribution < -0.4 is 9.80 Å². The van der Waals surface area contributed by atoms with Gasteiger partial charge in [0.05, 0.1) is 32.2 Å². The number of hydrogen-bond donors (Lipinski definition) is 2. The average Bonchev–Trinajstić information content (AvgIpc) is 3.33. The van der Waals surface area contributed by atoms with Gasteiger partial charge in [0, 0.05) is 24.3 Å². The number of benzene rings is 1. The maximum Gasteiger partial charge on any atom is 0.103 e. The zero-order chi connectivity index (χ0) is 14.5. The van der Waals surface area contributed by atoms with Crippen molar-refractivity contribution < 1.29 is 9.80 Å². The number of hydrogen-bond acceptors (Lipinski definition) is 0. The summed E-state index contributed by atoms with van der Waals surface area (Å²) in [5.41, 5.74) is 1.50. The molecule has 2 aliphatic rings. The third-order valence-electron chi connectivity index (χ3n) is 5.39. The summed E-state index contributed by atoms with van der Waals surface area (Å²) in [5.74, 6) is 1.07. The third-order valence-corrected chi connectivity index (χ3v) is 5.39. The summed E-state index contributed by atoms with van der Waals surface area (Å²) in [6.07, 6.45) is 7.23. The Labute approximate surface area is 130 Å². The van der Waals surface area contributed by atoms with Gasteiger partial charge in [0.1, 0.15) is 6.54 Å². The van der Waals surface area contributed by atoms with Gasteiger partial charge in [-0.1, -0.05) is 37.3 Å². The summed E-state index contributed by atoms with van der Waals surface area (Å²) in [6.45, 7) is 9.18. The highest BCUT2D eigenvalue weighted by atomic mass is 15.2. The van der Waals surface area contributed by atoms with Crippen LogP contribution >= 0.6 is 0 Å². The van der Waals surface area contributed by atoms with Gasteiger partial charge in [-0.15, -0.1) is 0 Å². The molecule has 0 bridgehead atoms. The molecule has 116 valence electrons. The molecule has 3 rings (SSSR count). The van der Waals surface area contributed by atoms with Gasteiger partial charge in [-0.05, 0) is 19.3 Å². The van der Waals surface area contributed by atoms with Crippen molar-refractivity contribution in [3.8, 4) is 0 Å². The summed E-state index contributed by atoms with van der Waals surface area (Å²) < 4.78 is 0. The molecule has 1 aliphatic heterocycles. The van der Waals surface area contributed by atoms with E-state index in [0.29, 0.717) is 0 Å². The second kappa shape index (κ2) is 7.42. The molecule has 21 heavy (non-hydrogen) atoms. The fourth-order valence-corrected chi connectivity index (χ4v) is 3.98. The molecule has 1 unspecified atom stereocenters. The van der Waals surface area contributed by atoms with Gasteiger partial charge in [-0.3, -0.25) is 0 Å². The van der Waals surface area contributed by atoms with E-state index in [1.807, 2.05) is 4.90 Å². The molecule has 0 aromatic heterocycles. The highest BCUT2D eigenvalue weighted by molar-refractivity contribution is 5.13. The monoisotopic (exact) mass is 288 g/mol. The molecule has 2 nitrogen and oxygen atoms in total. The van der Waals surface area contributed by atoms with Gasteiger partial charge >= 0.3 is 0 Å². The maximum absolute atomic E-state index is 2.35. The smallest absolute Gasteiger partial charge is 0.103 e. The van der Waals surface area contributed by atoms with Gasteiger partial charge < -0.3 is 9.80 Å². The highest BCUT2D eigenvalue weighted by Gasteiger charge is 2.33. The van der Waals surface area contributed by atoms with Crippen LogP contribution in [0.3, 0.4) is 0 Å². The van der Waals surface area contributed by atoms with Crippen molar-refractivity contribution >= 4 is 0 Å². The van der Waals surface area contributed by atoms with E-state index in [2.05, 4.69) is 37.3 Å². The number of rotatable bonds is 7. The van der Waals surface area contributed by atoms with Crippen molar-refractivity contribution in [1.29, 1.82) is 0 Å². The first-order valence-corrected chi connectivity index (χ1v) is 9.07. The minimum atomic E-state index is 0.949. The Hall–Kier alpha value is -0.860. The molecule has 2 fully saturated rings. The Bertz CT molecular complexity index is 405. The molecule has 1 aromatic carbocycles. The predicted octanol–water partition coefficient (Wildman–Crippen LogP) is 0.939. The van der Waals surface area contributed by atoms with Crippen LogP contribution in [0.2, 0.25) is 0 Å². The number of likely N-dealkylation sites (tertiary alicyclic amines) is 1. The Morgan fingerprint density at radius 1 is 1.05 bits per heavy atom. The molecule has 2 heteroatoms.